The molecular weight excluding hydrogens is 156 g/mol. The Hall–Kier alpha value is -0.610. The second kappa shape index (κ2) is 4.42. The third-order valence-electron chi connectivity index (χ3n) is 1.94. The van der Waals surface area contributed by atoms with E-state index in [1.165, 1.54) is 0 Å². The Morgan fingerprint density at radius 1 is 1.83 bits per heavy atom. The molecule has 0 spiro atoms. The minimum absolute atomic E-state index is 0.0573. The van der Waals surface area contributed by atoms with E-state index in [1.807, 2.05) is 0 Å². The summed E-state index contributed by atoms with van der Waals surface area (Å²) in [6.07, 6.45) is 1.50. The minimum atomic E-state index is -0.389. The van der Waals surface area contributed by atoms with Gasteiger partial charge in [-0.05, 0) is 19.8 Å². The van der Waals surface area contributed by atoms with Gasteiger partial charge in [0.15, 0.2) is 0 Å². The molecule has 1 fully saturated rings. The molecule has 3 N–H and O–H groups in total. The number of rotatable bonds is 3. The molecule has 1 aliphatic heterocycles. The van der Waals surface area contributed by atoms with Gasteiger partial charge >= 0.3 is 0 Å². The molecular formula is C8H16N2O2. The third kappa shape index (κ3) is 2.79. The average Bonchev–Trinajstić information content (AvgIpc) is 2.03. The van der Waals surface area contributed by atoms with Crippen LogP contribution in [0.1, 0.15) is 19.8 Å². The van der Waals surface area contributed by atoms with Crippen LogP contribution in [-0.4, -0.2) is 36.2 Å². The Bertz CT molecular complexity index is 159. The second-order valence-corrected chi connectivity index (χ2v) is 3.24. The van der Waals surface area contributed by atoms with Gasteiger partial charge in [-0.25, -0.2) is 0 Å². The first-order valence-electron chi connectivity index (χ1n) is 4.39. The monoisotopic (exact) mass is 172 g/mol. The summed E-state index contributed by atoms with van der Waals surface area (Å²) in [4.78, 5) is 11.2. The van der Waals surface area contributed by atoms with Gasteiger partial charge in [-0.1, -0.05) is 0 Å². The molecule has 12 heavy (non-hydrogen) atoms. The lowest BCUT2D eigenvalue weighted by molar-refractivity contribution is -0.124. The van der Waals surface area contributed by atoms with E-state index in [0.717, 1.165) is 19.4 Å². The molecule has 2 atom stereocenters. The maximum atomic E-state index is 11.2. The highest BCUT2D eigenvalue weighted by molar-refractivity contribution is 5.82. The molecule has 4 heteroatoms. The predicted octanol–water partition coefficient (Wildman–Crippen LogP) is -0.765. The topological polar surface area (TPSA) is 61.4 Å². The van der Waals surface area contributed by atoms with E-state index in [9.17, 15) is 4.79 Å². The largest absolute Gasteiger partial charge is 0.392 e. The lowest BCUT2D eigenvalue weighted by Gasteiger charge is -2.23. The van der Waals surface area contributed by atoms with E-state index < -0.39 is 0 Å². The van der Waals surface area contributed by atoms with Gasteiger partial charge in [-0.2, -0.15) is 0 Å². The molecule has 4 nitrogen and oxygen atoms in total. The van der Waals surface area contributed by atoms with Crippen LogP contribution in [0.15, 0.2) is 0 Å². The first-order valence-corrected chi connectivity index (χ1v) is 4.39. The molecule has 1 unspecified atom stereocenters. The zero-order valence-electron chi connectivity index (χ0n) is 7.34. The number of carbonyl (C=O) groups excluding carboxylic acids is 1. The maximum absolute atomic E-state index is 11.2. The highest BCUT2D eigenvalue weighted by Gasteiger charge is 2.20. The fraction of sp³-hybridized carbons (Fsp3) is 0.875. The smallest absolute Gasteiger partial charge is 0.237 e. The van der Waals surface area contributed by atoms with Gasteiger partial charge in [0, 0.05) is 13.1 Å². The number of hydrogen-bond donors (Lipinski definition) is 3. The SMILES string of the molecule is C[C@@H](O)CNC1CCCNC1=O. The van der Waals surface area contributed by atoms with Crippen LogP contribution in [0.3, 0.4) is 0 Å². The fourth-order valence-electron chi connectivity index (χ4n) is 1.28. The zero-order chi connectivity index (χ0) is 8.97. The van der Waals surface area contributed by atoms with Crippen LogP contribution in [0.25, 0.3) is 0 Å². The average molecular weight is 172 g/mol. The second-order valence-electron chi connectivity index (χ2n) is 3.24. The van der Waals surface area contributed by atoms with Crippen molar-refractivity contribution in [3.05, 3.63) is 0 Å². The number of aliphatic hydroxyl groups is 1. The van der Waals surface area contributed by atoms with Crippen LogP contribution in [0, 0.1) is 0 Å². The van der Waals surface area contributed by atoms with Crippen molar-refractivity contribution >= 4 is 5.91 Å². The Balaban J connectivity index is 2.25. The minimum Gasteiger partial charge on any atom is -0.392 e. The zero-order valence-corrected chi connectivity index (χ0v) is 7.34. The van der Waals surface area contributed by atoms with Crippen molar-refractivity contribution in [2.45, 2.75) is 31.9 Å². The summed E-state index contributed by atoms with van der Waals surface area (Å²) in [5.74, 6) is 0.0573. The van der Waals surface area contributed by atoms with Crippen molar-refractivity contribution in [3.8, 4) is 0 Å². The standard InChI is InChI=1S/C8H16N2O2/c1-6(11)5-10-7-3-2-4-9-8(7)12/h6-7,10-11H,2-5H2,1H3,(H,9,12)/t6-,7?/m1/s1. The molecule has 0 aliphatic carbocycles. The number of amides is 1. The Labute approximate surface area is 72.3 Å². The van der Waals surface area contributed by atoms with Crippen molar-refractivity contribution in [2.24, 2.45) is 0 Å². The molecule has 0 aromatic carbocycles. The lowest BCUT2D eigenvalue weighted by atomic mass is 10.1. The summed E-state index contributed by atoms with van der Waals surface area (Å²) < 4.78 is 0. The predicted molar refractivity (Wildman–Crippen MR) is 45.7 cm³/mol. The molecule has 70 valence electrons. The molecule has 0 radical (unpaired) electrons. The highest BCUT2D eigenvalue weighted by atomic mass is 16.3. The number of nitrogens with one attached hydrogen (secondary N) is 2. The van der Waals surface area contributed by atoms with E-state index in [2.05, 4.69) is 10.6 Å². The van der Waals surface area contributed by atoms with E-state index in [4.69, 9.17) is 5.11 Å². The molecule has 0 bridgehead atoms. The summed E-state index contributed by atoms with van der Waals surface area (Å²) in [6, 6.07) is -0.103. The van der Waals surface area contributed by atoms with Gasteiger partial charge < -0.3 is 15.7 Å². The van der Waals surface area contributed by atoms with Crippen molar-refractivity contribution < 1.29 is 9.90 Å². The van der Waals surface area contributed by atoms with Crippen molar-refractivity contribution in [1.82, 2.24) is 10.6 Å². The van der Waals surface area contributed by atoms with E-state index in [1.54, 1.807) is 6.92 Å². The molecule has 1 heterocycles. The Morgan fingerprint density at radius 3 is 3.17 bits per heavy atom. The quantitative estimate of drug-likeness (QED) is 0.524. The number of aliphatic hydroxyl groups excluding tert-OH is 1. The third-order valence-corrected chi connectivity index (χ3v) is 1.94. The van der Waals surface area contributed by atoms with E-state index in [-0.39, 0.29) is 18.1 Å². The van der Waals surface area contributed by atoms with E-state index >= 15 is 0 Å². The number of carbonyl (C=O) groups is 1. The molecule has 1 rings (SSSR count). The van der Waals surface area contributed by atoms with Crippen LogP contribution < -0.4 is 10.6 Å². The Morgan fingerprint density at radius 2 is 2.58 bits per heavy atom. The fourth-order valence-corrected chi connectivity index (χ4v) is 1.28. The van der Waals surface area contributed by atoms with Crippen molar-refractivity contribution in [3.63, 3.8) is 0 Å². The lowest BCUT2D eigenvalue weighted by Crippen LogP contribution is -2.49. The molecule has 0 saturated carbocycles. The molecule has 0 aromatic heterocycles. The van der Waals surface area contributed by atoms with Crippen LogP contribution in [0.5, 0.6) is 0 Å². The molecule has 1 aliphatic rings. The van der Waals surface area contributed by atoms with Gasteiger partial charge in [-0.15, -0.1) is 0 Å². The summed E-state index contributed by atoms with van der Waals surface area (Å²) in [5.41, 5.74) is 0. The van der Waals surface area contributed by atoms with E-state index in [0.29, 0.717) is 6.54 Å². The highest BCUT2D eigenvalue weighted by Crippen LogP contribution is 2.02. The summed E-state index contributed by atoms with van der Waals surface area (Å²) >= 11 is 0. The van der Waals surface area contributed by atoms with Gasteiger partial charge in [-0.3, -0.25) is 4.79 Å². The summed E-state index contributed by atoms with van der Waals surface area (Å²) in [6.45, 7) is 2.97. The molecule has 0 aromatic rings. The first-order chi connectivity index (χ1) is 5.70. The summed E-state index contributed by atoms with van der Waals surface area (Å²) in [7, 11) is 0. The van der Waals surface area contributed by atoms with Crippen molar-refractivity contribution in [2.75, 3.05) is 13.1 Å². The van der Waals surface area contributed by atoms with Gasteiger partial charge in [0.2, 0.25) is 5.91 Å². The van der Waals surface area contributed by atoms with Crippen molar-refractivity contribution in [1.29, 1.82) is 0 Å². The normalized spacial score (nSPS) is 26.5. The maximum Gasteiger partial charge on any atom is 0.237 e. The first kappa shape index (κ1) is 9.48. The molecule has 1 saturated heterocycles. The number of piperidine rings is 1. The van der Waals surface area contributed by atoms with Crippen LogP contribution in [-0.2, 0) is 4.79 Å². The molecule has 1 amide bonds. The summed E-state index contributed by atoms with van der Waals surface area (Å²) in [5, 5.41) is 14.8. The number of hydrogen-bond acceptors (Lipinski definition) is 3. The Kier molecular flexibility index (Phi) is 3.49. The van der Waals surface area contributed by atoms with Crippen LogP contribution in [0.4, 0.5) is 0 Å². The van der Waals surface area contributed by atoms with Crippen LogP contribution in [0.2, 0.25) is 0 Å². The van der Waals surface area contributed by atoms with Gasteiger partial charge in [0.1, 0.15) is 0 Å². The van der Waals surface area contributed by atoms with Gasteiger partial charge in [0.05, 0.1) is 12.1 Å². The van der Waals surface area contributed by atoms with Crippen LogP contribution >= 0.6 is 0 Å². The van der Waals surface area contributed by atoms with Gasteiger partial charge in [0.25, 0.3) is 0 Å².